The molecular weight excluding hydrogens is 290 g/mol. The molecule has 0 amide bonds. The van der Waals surface area contributed by atoms with Gasteiger partial charge < -0.3 is 10.5 Å². The molecule has 0 spiro atoms. The number of hydrogen-bond acceptors (Lipinski definition) is 2. The molecule has 0 radical (unpaired) electrons. The molecule has 0 bridgehead atoms. The van der Waals surface area contributed by atoms with E-state index in [0.29, 0.717) is 6.61 Å². The van der Waals surface area contributed by atoms with E-state index in [1.165, 1.54) is 5.56 Å². The number of aryl methyl sites for hydroxylation is 2. The lowest BCUT2D eigenvalue weighted by molar-refractivity contribution is 0.304. The normalized spacial score (nSPS) is 10.4. The Kier molecular flexibility index (Phi) is 3.92. The fourth-order valence-corrected chi connectivity index (χ4v) is 2.44. The Morgan fingerprint density at radius 1 is 1.11 bits per heavy atom. The number of ether oxygens (including phenoxy) is 1. The zero-order valence-electron chi connectivity index (χ0n) is 10.5. The van der Waals surface area contributed by atoms with Gasteiger partial charge in [0.1, 0.15) is 12.4 Å². The highest BCUT2D eigenvalue weighted by Gasteiger charge is 2.02. The molecule has 0 aliphatic heterocycles. The van der Waals surface area contributed by atoms with Gasteiger partial charge in [0.2, 0.25) is 0 Å². The third-order valence-corrected chi connectivity index (χ3v) is 3.16. The van der Waals surface area contributed by atoms with E-state index in [2.05, 4.69) is 41.9 Å². The second-order valence-electron chi connectivity index (χ2n) is 4.45. The van der Waals surface area contributed by atoms with Crippen LogP contribution in [0.1, 0.15) is 16.7 Å². The summed E-state index contributed by atoms with van der Waals surface area (Å²) in [7, 11) is 0. The number of rotatable bonds is 3. The summed E-state index contributed by atoms with van der Waals surface area (Å²) in [4.78, 5) is 0. The summed E-state index contributed by atoms with van der Waals surface area (Å²) in [6, 6.07) is 12.0. The molecular formula is C15H16BrNO. The Hall–Kier alpha value is -1.48. The van der Waals surface area contributed by atoms with Crippen molar-refractivity contribution in [2.75, 3.05) is 5.73 Å². The van der Waals surface area contributed by atoms with Crippen LogP contribution in [0.25, 0.3) is 0 Å². The van der Waals surface area contributed by atoms with Gasteiger partial charge in [-0.3, -0.25) is 0 Å². The molecule has 3 heteroatoms. The predicted octanol–water partition coefficient (Wildman–Crippen LogP) is 4.23. The van der Waals surface area contributed by atoms with E-state index in [-0.39, 0.29) is 0 Å². The number of nitrogens with two attached hydrogens (primary N) is 1. The highest BCUT2D eigenvalue weighted by molar-refractivity contribution is 9.10. The molecule has 0 heterocycles. The van der Waals surface area contributed by atoms with Gasteiger partial charge in [0.05, 0.1) is 0 Å². The van der Waals surface area contributed by atoms with Gasteiger partial charge in [-0.15, -0.1) is 0 Å². The van der Waals surface area contributed by atoms with Crippen LogP contribution in [-0.4, -0.2) is 0 Å². The van der Waals surface area contributed by atoms with Crippen molar-refractivity contribution in [1.82, 2.24) is 0 Å². The summed E-state index contributed by atoms with van der Waals surface area (Å²) in [5, 5.41) is 0. The van der Waals surface area contributed by atoms with Crippen LogP contribution in [0.2, 0.25) is 0 Å². The standard InChI is InChI=1S/C15H16BrNO/c1-10-3-4-15(11(2)5-10)18-9-12-6-13(16)8-14(17)7-12/h3-8H,9,17H2,1-2H3. The zero-order chi connectivity index (χ0) is 13.1. The van der Waals surface area contributed by atoms with Gasteiger partial charge >= 0.3 is 0 Å². The lowest BCUT2D eigenvalue weighted by Gasteiger charge is -2.10. The van der Waals surface area contributed by atoms with E-state index in [1.54, 1.807) is 0 Å². The first-order valence-electron chi connectivity index (χ1n) is 5.79. The largest absolute Gasteiger partial charge is 0.489 e. The molecule has 2 rings (SSSR count). The van der Waals surface area contributed by atoms with E-state index in [0.717, 1.165) is 27.0 Å². The molecule has 0 fully saturated rings. The van der Waals surface area contributed by atoms with Gasteiger partial charge in [0.15, 0.2) is 0 Å². The second kappa shape index (κ2) is 5.44. The van der Waals surface area contributed by atoms with Crippen LogP contribution in [0.15, 0.2) is 40.9 Å². The molecule has 18 heavy (non-hydrogen) atoms. The number of halogens is 1. The van der Waals surface area contributed by atoms with Crippen LogP contribution in [0.3, 0.4) is 0 Å². The van der Waals surface area contributed by atoms with Gasteiger partial charge in [-0.1, -0.05) is 33.6 Å². The SMILES string of the molecule is Cc1ccc(OCc2cc(N)cc(Br)c2)c(C)c1. The fraction of sp³-hybridized carbons (Fsp3) is 0.200. The zero-order valence-corrected chi connectivity index (χ0v) is 12.1. The Morgan fingerprint density at radius 3 is 2.56 bits per heavy atom. The number of hydrogen-bond donors (Lipinski definition) is 1. The summed E-state index contributed by atoms with van der Waals surface area (Å²) in [6.45, 7) is 4.65. The van der Waals surface area contributed by atoms with Crippen molar-refractivity contribution in [2.24, 2.45) is 0 Å². The summed E-state index contributed by atoms with van der Waals surface area (Å²) >= 11 is 3.43. The third kappa shape index (κ3) is 3.26. The van der Waals surface area contributed by atoms with Crippen LogP contribution in [0, 0.1) is 13.8 Å². The topological polar surface area (TPSA) is 35.2 Å². The molecule has 0 aliphatic rings. The first-order chi connectivity index (χ1) is 8.54. The number of nitrogen functional groups attached to an aromatic ring is 1. The van der Waals surface area contributed by atoms with E-state index in [1.807, 2.05) is 24.3 Å². The van der Waals surface area contributed by atoms with Crippen LogP contribution >= 0.6 is 15.9 Å². The van der Waals surface area contributed by atoms with E-state index in [9.17, 15) is 0 Å². The average Bonchev–Trinajstić information content (AvgIpc) is 2.26. The van der Waals surface area contributed by atoms with Crippen LogP contribution in [0.5, 0.6) is 5.75 Å². The Morgan fingerprint density at radius 2 is 1.89 bits per heavy atom. The molecule has 2 aromatic rings. The average molecular weight is 306 g/mol. The smallest absolute Gasteiger partial charge is 0.122 e. The summed E-state index contributed by atoms with van der Waals surface area (Å²) < 4.78 is 6.79. The Balaban J connectivity index is 2.11. The van der Waals surface area contributed by atoms with E-state index in [4.69, 9.17) is 10.5 Å². The van der Waals surface area contributed by atoms with Gasteiger partial charge in [-0.05, 0) is 49.2 Å². The molecule has 0 unspecified atom stereocenters. The minimum atomic E-state index is 0.521. The minimum absolute atomic E-state index is 0.521. The van der Waals surface area contributed by atoms with Crippen molar-refractivity contribution in [2.45, 2.75) is 20.5 Å². The maximum atomic E-state index is 5.81. The summed E-state index contributed by atoms with van der Waals surface area (Å²) in [6.07, 6.45) is 0. The minimum Gasteiger partial charge on any atom is -0.489 e. The van der Waals surface area contributed by atoms with Gasteiger partial charge in [-0.2, -0.15) is 0 Å². The van der Waals surface area contributed by atoms with Crippen molar-refractivity contribution in [3.8, 4) is 5.75 Å². The monoisotopic (exact) mass is 305 g/mol. The maximum Gasteiger partial charge on any atom is 0.122 e. The van der Waals surface area contributed by atoms with Crippen molar-refractivity contribution in [1.29, 1.82) is 0 Å². The molecule has 2 nitrogen and oxygen atoms in total. The van der Waals surface area contributed by atoms with Gasteiger partial charge in [-0.25, -0.2) is 0 Å². The molecule has 2 N–H and O–H groups in total. The molecule has 0 aromatic heterocycles. The van der Waals surface area contributed by atoms with Crippen molar-refractivity contribution in [3.63, 3.8) is 0 Å². The van der Waals surface area contributed by atoms with Crippen molar-refractivity contribution in [3.05, 3.63) is 57.6 Å². The number of benzene rings is 2. The quantitative estimate of drug-likeness (QED) is 0.861. The number of anilines is 1. The third-order valence-electron chi connectivity index (χ3n) is 2.70. The molecule has 0 saturated carbocycles. The molecule has 94 valence electrons. The Bertz CT molecular complexity index is 546. The van der Waals surface area contributed by atoms with E-state index >= 15 is 0 Å². The second-order valence-corrected chi connectivity index (χ2v) is 5.37. The maximum absolute atomic E-state index is 5.81. The molecule has 0 saturated heterocycles. The van der Waals surface area contributed by atoms with Gasteiger partial charge in [0.25, 0.3) is 0 Å². The highest BCUT2D eigenvalue weighted by Crippen LogP contribution is 2.22. The lowest BCUT2D eigenvalue weighted by atomic mass is 10.1. The van der Waals surface area contributed by atoms with Gasteiger partial charge in [0, 0.05) is 10.2 Å². The van der Waals surface area contributed by atoms with Crippen LogP contribution < -0.4 is 10.5 Å². The van der Waals surface area contributed by atoms with Crippen molar-refractivity contribution < 1.29 is 4.74 Å². The molecule has 0 aliphatic carbocycles. The first kappa shape index (κ1) is 13.0. The predicted molar refractivity (Wildman–Crippen MR) is 78.8 cm³/mol. The van der Waals surface area contributed by atoms with E-state index < -0.39 is 0 Å². The molecule has 2 aromatic carbocycles. The lowest BCUT2D eigenvalue weighted by Crippen LogP contribution is -1.98. The van der Waals surface area contributed by atoms with Crippen LogP contribution in [-0.2, 0) is 6.61 Å². The van der Waals surface area contributed by atoms with Crippen molar-refractivity contribution >= 4 is 21.6 Å². The summed E-state index contributed by atoms with van der Waals surface area (Å²) in [5.74, 6) is 0.916. The fourth-order valence-electron chi connectivity index (χ4n) is 1.88. The Labute approximate surface area is 116 Å². The summed E-state index contributed by atoms with van der Waals surface area (Å²) in [5.41, 5.74) is 9.98. The first-order valence-corrected chi connectivity index (χ1v) is 6.59. The molecule has 0 atom stereocenters. The van der Waals surface area contributed by atoms with Crippen LogP contribution in [0.4, 0.5) is 5.69 Å². The highest BCUT2D eigenvalue weighted by atomic mass is 79.9.